The van der Waals surface area contributed by atoms with Crippen LogP contribution in [0.5, 0.6) is 0 Å². The van der Waals surface area contributed by atoms with Crippen molar-refractivity contribution in [1.29, 1.82) is 0 Å². The van der Waals surface area contributed by atoms with E-state index >= 15 is 0 Å². The summed E-state index contributed by atoms with van der Waals surface area (Å²) < 4.78 is 0. The average molecular weight is 157 g/mol. The van der Waals surface area contributed by atoms with E-state index in [1.165, 1.54) is 0 Å². The molecule has 3 heteroatoms. The Kier molecular flexibility index (Phi) is 2.88. The molecule has 1 atom stereocenters. The maximum absolute atomic E-state index is 11.1. The number of carbonyl (C=O) groups is 1. The molecule has 1 aliphatic heterocycles. The second-order valence-electron chi connectivity index (χ2n) is 2.99. The molecule has 0 saturated carbocycles. The Bertz CT molecular complexity index is 147. The van der Waals surface area contributed by atoms with Gasteiger partial charge in [-0.1, -0.05) is 6.92 Å². The van der Waals surface area contributed by atoms with Crippen LogP contribution in [0.2, 0.25) is 0 Å². The molecule has 3 nitrogen and oxygen atoms in total. The molecule has 1 N–H and O–H groups in total. The Labute approximate surface area is 67.0 Å². The molecule has 1 amide bonds. The van der Waals surface area contributed by atoms with Crippen LogP contribution in [0.4, 0.5) is 0 Å². The Morgan fingerprint density at radius 1 is 1.73 bits per heavy atom. The molecule has 1 unspecified atom stereocenters. The number of β-amino-alcohol motifs (C(OH)–C–C–N with tert-alkyl or cyclic N) is 1. The summed E-state index contributed by atoms with van der Waals surface area (Å²) in [5, 5.41) is 9.23. The van der Waals surface area contributed by atoms with Gasteiger partial charge in [0.2, 0.25) is 5.91 Å². The lowest BCUT2D eigenvalue weighted by Crippen LogP contribution is -2.41. The summed E-state index contributed by atoms with van der Waals surface area (Å²) in [5.74, 6) is 0.156. The number of aliphatic hydroxyl groups excluding tert-OH is 1. The number of rotatable bonds is 1. The molecular formula is C8H15NO2. The highest BCUT2D eigenvalue weighted by atomic mass is 16.3. The zero-order valence-corrected chi connectivity index (χ0v) is 6.92. The Morgan fingerprint density at radius 3 is 3.00 bits per heavy atom. The molecule has 1 saturated heterocycles. The largest absolute Gasteiger partial charge is 0.391 e. The van der Waals surface area contributed by atoms with Gasteiger partial charge in [-0.2, -0.15) is 0 Å². The number of piperidine rings is 1. The van der Waals surface area contributed by atoms with Crippen molar-refractivity contribution < 1.29 is 9.90 Å². The van der Waals surface area contributed by atoms with Gasteiger partial charge in [-0.05, 0) is 12.8 Å². The van der Waals surface area contributed by atoms with E-state index in [0.717, 1.165) is 19.4 Å². The first-order valence-electron chi connectivity index (χ1n) is 4.20. The quantitative estimate of drug-likeness (QED) is 0.597. The lowest BCUT2D eigenvalue weighted by atomic mass is 10.1. The van der Waals surface area contributed by atoms with Crippen LogP contribution in [0.25, 0.3) is 0 Å². The van der Waals surface area contributed by atoms with Crippen molar-refractivity contribution >= 4 is 5.91 Å². The number of aliphatic hydroxyl groups is 1. The van der Waals surface area contributed by atoms with E-state index in [-0.39, 0.29) is 12.0 Å². The van der Waals surface area contributed by atoms with Gasteiger partial charge >= 0.3 is 0 Å². The molecule has 1 aliphatic rings. The van der Waals surface area contributed by atoms with E-state index in [1.807, 2.05) is 6.92 Å². The highest BCUT2D eigenvalue weighted by Gasteiger charge is 2.20. The van der Waals surface area contributed by atoms with Gasteiger partial charge in [-0.3, -0.25) is 4.79 Å². The zero-order chi connectivity index (χ0) is 8.27. The molecule has 1 rings (SSSR count). The van der Waals surface area contributed by atoms with E-state index < -0.39 is 0 Å². The molecule has 0 radical (unpaired) electrons. The number of carbonyl (C=O) groups excluding carboxylic acids is 1. The smallest absolute Gasteiger partial charge is 0.222 e. The summed E-state index contributed by atoms with van der Waals surface area (Å²) in [6, 6.07) is 0. The van der Waals surface area contributed by atoms with Crippen molar-refractivity contribution in [3.8, 4) is 0 Å². The van der Waals surface area contributed by atoms with Crippen molar-refractivity contribution in [2.45, 2.75) is 32.3 Å². The molecule has 1 fully saturated rings. The highest BCUT2D eigenvalue weighted by molar-refractivity contribution is 5.75. The van der Waals surface area contributed by atoms with Gasteiger partial charge in [0.1, 0.15) is 0 Å². The van der Waals surface area contributed by atoms with Gasteiger partial charge in [0.05, 0.1) is 6.10 Å². The molecule has 64 valence electrons. The van der Waals surface area contributed by atoms with Crippen molar-refractivity contribution in [1.82, 2.24) is 4.90 Å². The van der Waals surface area contributed by atoms with Crippen molar-refractivity contribution in [3.05, 3.63) is 0 Å². The minimum atomic E-state index is -0.292. The van der Waals surface area contributed by atoms with E-state index in [9.17, 15) is 9.90 Å². The SMILES string of the molecule is CCC(=O)N1CCCC(O)C1. The normalized spacial score (nSPS) is 25.3. The van der Waals surface area contributed by atoms with Gasteiger partial charge < -0.3 is 10.0 Å². The maximum atomic E-state index is 11.1. The first-order chi connectivity index (χ1) is 5.24. The second kappa shape index (κ2) is 3.72. The van der Waals surface area contributed by atoms with Gasteiger partial charge in [-0.15, -0.1) is 0 Å². The van der Waals surface area contributed by atoms with Crippen LogP contribution in [0, 0.1) is 0 Å². The van der Waals surface area contributed by atoms with Crippen LogP contribution < -0.4 is 0 Å². The summed E-state index contributed by atoms with van der Waals surface area (Å²) in [5.41, 5.74) is 0. The molecule has 0 aliphatic carbocycles. The van der Waals surface area contributed by atoms with Crippen LogP contribution >= 0.6 is 0 Å². The summed E-state index contributed by atoms with van der Waals surface area (Å²) >= 11 is 0. The van der Waals surface area contributed by atoms with Gasteiger partial charge in [0.15, 0.2) is 0 Å². The summed E-state index contributed by atoms with van der Waals surface area (Å²) in [7, 11) is 0. The van der Waals surface area contributed by atoms with Crippen molar-refractivity contribution in [2.75, 3.05) is 13.1 Å². The first-order valence-corrected chi connectivity index (χ1v) is 4.20. The third kappa shape index (κ3) is 2.19. The highest BCUT2D eigenvalue weighted by Crippen LogP contribution is 2.10. The number of amides is 1. The maximum Gasteiger partial charge on any atom is 0.222 e. The lowest BCUT2D eigenvalue weighted by Gasteiger charge is -2.29. The minimum absolute atomic E-state index is 0.156. The molecule has 0 bridgehead atoms. The van der Waals surface area contributed by atoms with Gasteiger partial charge in [-0.25, -0.2) is 0 Å². The summed E-state index contributed by atoms with van der Waals surface area (Å²) in [6.07, 6.45) is 2.03. The predicted octanol–water partition coefficient (Wildman–Crippen LogP) is 0.380. The van der Waals surface area contributed by atoms with Crippen LogP contribution in [0.3, 0.4) is 0 Å². The number of hydrogen-bond donors (Lipinski definition) is 1. The minimum Gasteiger partial charge on any atom is -0.391 e. The fourth-order valence-electron chi connectivity index (χ4n) is 1.40. The van der Waals surface area contributed by atoms with Crippen molar-refractivity contribution in [3.63, 3.8) is 0 Å². The first kappa shape index (κ1) is 8.53. The molecule has 0 aromatic rings. The fraction of sp³-hybridized carbons (Fsp3) is 0.875. The standard InChI is InChI=1S/C8H15NO2/c1-2-8(11)9-5-3-4-7(10)6-9/h7,10H,2-6H2,1H3. The molecule has 0 aromatic heterocycles. The second-order valence-corrected chi connectivity index (χ2v) is 2.99. The summed E-state index contributed by atoms with van der Waals surface area (Å²) in [4.78, 5) is 12.9. The fourth-order valence-corrected chi connectivity index (χ4v) is 1.40. The third-order valence-corrected chi connectivity index (χ3v) is 2.05. The summed E-state index contributed by atoms with van der Waals surface area (Å²) in [6.45, 7) is 3.21. The number of likely N-dealkylation sites (tertiary alicyclic amines) is 1. The third-order valence-electron chi connectivity index (χ3n) is 2.05. The molecule has 0 aromatic carbocycles. The Balaban J connectivity index is 2.39. The van der Waals surface area contributed by atoms with E-state index in [4.69, 9.17) is 0 Å². The van der Waals surface area contributed by atoms with E-state index in [0.29, 0.717) is 13.0 Å². The molecular weight excluding hydrogens is 142 g/mol. The van der Waals surface area contributed by atoms with Crippen molar-refractivity contribution in [2.24, 2.45) is 0 Å². The van der Waals surface area contributed by atoms with Gasteiger partial charge in [0.25, 0.3) is 0 Å². The average Bonchev–Trinajstić information content (AvgIpc) is 2.03. The van der Waals surface area contributed by atoms with E-state index in [2.05, 4.69) is 0 Å². The molecule has 11 heavy (non-hydrogen) atoms. The molecule has 1 heterocycles. The zero-order valence-electron chi connectivity index (χ0n) is 6.92. The number of hydrogen-bond acceptors (Lipinski definition) is 2. The Hall–Kier alpha value is -0.570. The molecule has 0 spiro atoms. The lowest BCUT2D eigenvalue weighted by molar-refractivity contribution is -0.133. The van der Waals surface area contributed by atoms with Gasteiger partial charge in [0, 0.05) is 19.5 Å². The van der Waals surface area contributed by atoms with Crippen LogP contribution in [-0.2, 0) is 4.79 Å². The monoisotopic (exact) mass is 157 g/mol. The number of nitrogens with zero attached hydrogens (tertiary/aromatic N) is 1. The van der Waals surface area contributed by atoms with Crippen LogP contribution in [0.15, 0.2) is 0 Å². The topological polar surface area (TPSA) is 40.5 Å². The van der Waals surface area contributed by atoms with Crippen LogP contribution in [0.1, 0.15) is 26.2 Å². The van der Waals surface area contributed by atoms with Crippen LogP contribution in [-0.4, -0.2) is 35.1 Å². The predicted molar refractivity (Wildman–Crippen MR) is 42.1 cm³/mol. The van der Waals surface area contributed by atoms with E-state index in [1.54, 1.807) is 4.90 Å². The Morgan fingerprint density at radius 2 is 2.45 bits per heavy atom.